The first-order valence-corrected chi connectivity index (χ1v) is 10.6. The van der Waals surface area contributed by atoms with Gasteiger partial charge in [-0.1, -0.05) is 50.1 Å². The number of halogens is 1. The average Bonchev–Trinajstić information content (AvgIpc) is 3.23. The van der Waals surface area contributed by atoms with Crippen LogP contribution >= 0.6 is 0 Å². The number of pyridine rings is 1. The third-order valence-electron chi connectivity index (χ3n) is 5.59. The summed E-state index contributed by atoms with van der Waals surface area (Å²) in [6.45, 7) is 5.18. The summed E-state index contributed by atoms with van der Waals surface area (Å²) in [5.41, 5.74) is 2.54. The lowest BCUT2D eigenvalue weighted by Gasteiger charge is -2.08. The summed E-state index contributed by atoms with van der Waals surface area (Å²) in [6, 6.07) is 10.4. The van der Waals surface area contributed by atoms with Gasteiger partial charge in [0.2, 0.25) is 5.69 Å². The Kier molecular flexibility index (Phi) is 3.60. The minimum atomic E-state index is -2.11. The first kappa shape index (κ1) is 14.6. The molecule has 0 radical (unpaired) electrons. The molecule has 0 unspecified atom stereocenters. The first-order chi connectivity index (χ1) is 17.9. The smallest absolute Gasteiger partial charge is 0.216 e. The lowest BCUT2D eigenvalue weighted by molar-refractivity contribution is -0.660. The van der Waals surface area contributed by atoms with Gasteiger partial charge in [0, 0.05) is 25.6 Å². The Bertz CT molecular complexity index is 1730. The summed E-state index contributed by atoms with van der Waals surface area (Å²) in [7, 11) is 1.92. The van der Waals surface area contributed by atoms with Crippen molar-refractivity contribution in [1.82, 2.24) is 0 Å². The van der Waals surface area contributed by atoms with Gasteiger partial charge < -0.3 is 4.42 Å². The van der Waals surface area contributed by atoms with Gasteiger partial charge in [0.15, 0.2) is 6.20 Å². The molecule has 5 rings (SSSR count). The molecule has 2 heterocycles. The first-order valence-electron chi connectivity index (χ1n) is 13.6. The minimum absolute atomic E-state index is 0.117. The average molecular weight is 431 g/mol. The van der Waals surface area contributed by atoms with Crippen molar-refractivity contribution in [1.29, 1.82) is 0 Å². The molecule has 2 aromatic heterocycles. The Morgan fingerprint density at radius 3 is 2.34 bits per heavy atom. The summed E-state index contributed by atoms with van der Waals surface area (Å²) in [5.74, 6) is -1.35. The standard InChI is InChI=1S/C29H27FNO/c1-18(2)17-20-9-11-21(12-10-20)27-24(30)15-14-23-22-13-8-19(3)26(28(22)32-29(23)27)25-7-5-6-16-31(25)4/h5-16,18H,17H2,1-4H3/q+1/i9D,10D,11D,12D,17D2. The molecule has 3 heteroatoms. The van der Waals surface area contributed by atoms with Crippen molar-refractivity contribution < 1.29 is 21.6 Å². The van der Waals surface area contributed by atoms with Crippen LogP contribution < -0.4 is 4.57 Å². The van der Waals surface area contributed by atoms with Crippen LogP contribution in [-0.2, 0) is 13.4 Å². The lowest BCUT2D eigenvalue weighted by Crippen LogP contribution is -2.30. The second kappa shape index (κ2) is 7.90. The summed E-state index contributed by atoms with van der Waals surface area (Å²) >= 11 is 0. The zero-order chi connectivity index (χ0) is 27.7. The zero-order valence-corrected chi connectivity index (χ0v) is 18.4. The summed E-state index contributed by atoms with van der Waals surface area (Å²) in [6.07, 6.45) is -0.192. The van der Waals surface area contributed by atoms with Crippen LogP contribution in [0.4, 0.5) is 4.39 Å². The third-order valence-corrected chi connectivity index (χ3v) is 5.59. The van der Waals surface area contributed by atoms with Crippen molar-refractivity contribution in [3.05, 3.63) is 89.8 Å². The highest BCUT2D eigenvalue weighted by Gasteiger charge is 2.22. The molecule has 0 bridgehead atoms. The Balaban J connectivity index is 1.89. The van der Waals surface area contributed by atoms with Crippen molar-refractivity contribution >= 4 is 21.9 Å². The normalized spacial score (nSPS) is 14.8. The number of hydrogen-bond donors (Lipinski definition) is 0. The lowest BCUT2D eigenvalue weighted by atomic mass is 9.97. The number of aromatic nitrogens is 1. The fourth-order valence-corrected chi connectivity index (χ4v) is 4.11. The minimum Gasteiger partial charge on any atom is -0.454 e. The molecule has 5 aromatic rings. The van der Waals surface area contributed by atoms with Crippen LogP contribution in [0.1, 0.15) is 33.2 Å². The van der Waals surface area contributed by atoms with E-state index in [0.29, 0.717) is 11.0 Å². The highest BCUT2D eigenvalue weighted by Crippen LogP contribution is 2.41. The van der Waals surface area contributed by atoms with Crippen molar-refractivity contribution in [2.75, 3.05) is 0 Å². The molecule has 0 atom stereocenters. The van der Waals surface area contributed by atoms with Crippen LogP contribution in [0.5, 0.6) is 0 Å². The number of hydrogen-bond acceptors (Lipinski definition) is 1. The largest absolute Gasteiger partial charge is 0.454 e. The van der Waals surface area contributed by atoms with Crippen LogP contribution in [0, 0.1) is 18.7 Å². The van der Waals surface area contributed by atoms with E-state index < -0.39 is 42.3 Å². The molecule has 0 amide bonds. The summed E-state index contributed by atoms with van der Waals surface area (Å²) in [5, 5.41) is 1.31. The topological polar surface area (TPSA) is 17.0 Å². The molecule has 0 fully saturated rings. The van der Waals surface area contributed by atoms with E-state index in [4.69, 9.17) is 12.6 Å². The molecule has 3 aromatic carbocycles. The highest BCUT2D eigenvalue weighted by molar-refractivity contribution is 6.13. The van der Waals surface area contributed by atoms with Gasteiger partial charge in [-0.15, -0.1) is 0 Å². The predicted octanol–water partition coefficient (Wildman–Crippen LogP) is 7.39. The quantitative estimate of drug-likeness (QED) is 0.272. The number of fused-ring (bicyclic) bond motifs is 3. The van der Waals surface area contributed by atoms with E-state index in [1.165, 1.54) is 6.07 Å². The molecule has 0 aliphatic carbocycles. The van der Waals surface area contributed by atoms with Gasteiger partial charge in [-0.05, 0) is 54.1 Å². The number of aryl methyl sites for hydroxylation is 2. The molecule has 0 N–H and O–H groups in total. The SMILES string of the molecule is [2H]c1c([2H])c(C([2H])([2H])C(C)C)c([2H])c([2H])c1-c1c(F)ccc2c1oc1c(-c3cccc[n+]3C)c(C)ccc12. The summed E-state index contributed by atoms with van der Waals surface area (Å²) < 4.78 is 75.3. The van der Waals surface area contributed by atoms with Crippen LogP contribution in [0.2, 0.25) is 0 Å². The van der Waals surface area contributed by atoms with E-state index in [0.717, 1.165) is 22.2 Å². The van der Waals surface area contributed by atoms with E-state index in [1.54, 1.807) is 19.9 Å². The second-order valence-corrected chi connectivity index (χ2v) is 8.28. The molecule has 160 valence electrons. The molecule has 0 spiro atoms. The van der Waals surface area contributed by atoms with Crippen molar-refractivity contribution in [3.63, 3.8) is 0 Å². The van der Waals surface area contributed by atoms with E-state index in [9.17, 15) is 0 Å². The Morgan fingerprint density at radius 2 is 1.66 bits per heavy atom. The van der Waals surface area contributed by atoms with E-state index in [-0.39, 0.29) is 22.3 Å². The van der Waals surface area contributed by atoms with E-state index in [2.05, 4.69) is 0 Å². The van der Waals surface area contributed by atoms with Crippen LogP contribution in [0.25, 0.3) is 44.3 Å². The molecule has 0 aliphatic rings. The third kappa shape index (κ3) is 3.38. The van der Waals surface area contributed by atoms with Gasteiger partial charge in [-0.25, -0.2) is 8.96 Å². The molecule has 0 saturated heterocycles. The maximum absolute atomic E-state index is 15.6. The number of furan rings is 1. The highest BCUT2D eigenvalue weighted by atomic mass is 19.1. The number of rotatable bonds is 4. The van der Waals surface area contributed by atoms with Gasteiger partial charge in [-0.2, -0.15) is 0 Å². The molecule has 0 saturated carbocycles. The molecule has 32 heavy (non-hydrogen) atoms. The van der Waals surface area contributed by atoms with Crippen molar-refractivity contribution in [2.45, 2.75) is 27.1 Å². The molecular formula is C29H27FNO+. The van der Waals surface area contributed by atoms with Gasteiger partial charge >= 0.3 is 0 Å². The number of nitrogens with zero attached hydrogens (tertiary/aromatic N) is 1. The fraction of sp³-hybridized carbons (Fsp3) is 0.207. The molecule has 0 aliphatic heterocycles. The summed E-state index contributed by atoms with van der Waals surface area (Å²) in [4.78, 5) is 0. The van der Waals surface area contributed by atoms with Crippen LogP contribution in [-0.4, -0.2) is 0 Å². The zero-order valence-electron chi connectivity index (χ0n) is 24.4. The molecular weight excluding hydrogens is 397 g/mol. The van der Waals surface area contributed by atoms with Crippen LogP contribution in [0.3, 0.4) is 0 Å². The molecule has 2 nitrogen and oxygen atoms in total. The maximum Gasteiger partial charge on any atom is 0.216 e. The van der Waals surface area contributed by atoms with Crippen LogP contribution in [0.15, 0.2) is 77.2 Å². The predicted molar refractivity (Wildman–Crippen MR) is 129 cm³/mol. The van der Waals surface area contributed by atoms with E-state index in [1.807, 2.05) is 55.1 Å². The van der Waals surface area contributed by atoms with Gasteiger partial charge in [0.05, 0.1) is 16.6 Å². The van der Waals surface area contributed by atoms with Crippen molar-refractivity contribution in [3.8, 4) is 22.4 Å². The second-order valence-electron chi connectivity index (χ2n) is 8.28. The van der Waals surface area contributed by atoms with E-state index >= 15 is 4.39 Å². The van der Waals surface area contributed by atoms with Gasteiger partial charge in [-0.3, -0.25) is 0 Å². The monoisotopic (exact) mass is 430 g/mol. The van der Waals surface area contributed by atoms with Gasteiger partial charge in [0.25, 0.3) is 0 Å². The Morgan fingerprint density at radius 1 is 0.969 bits per heavy atom. The Hall–Kier alpha value is -3.46. The number of benzene rings is 3. The maximum atomic E-state index is 15.6. The van der Waals surface area contributed by atoms with Gasteiger partial charge in [0.1, 0.15) is 24.0 Å². The van der Waals surface area contributed by atoms with Crippen molar-refractivity contribution in [2.24, 2.45) is 13.0 Å². The fourth-order valence-electron chi connectivity index (χ4n) is 4.11. The Labute approximate surface area is 196 Å².